The molecule has 1 aromatic rings. The van der Waals surface area contributed by atoms with E-state index >= 15 is 0 Å². The number of nitrogens with zero attached hydrogens (tertiary/aromatic N) is 1. The van der Waals surface area contributed by atoms with E-state index in [-0.39, 0.29) is 12.5 Å². The third kappa shape index (κ3) is 5.02. The molecule has 1 amide bonds. The van der Waals surface area contributed by atoms with Crippen LogP contribution in [0.1, 0.15) is 18.4 Å². The van der Waals surface area contributed by atoms with E-state index in [1.54, 1.807) is 14.2 Å². The summed E-state index contributed by atoms with van der Waals surface area (Å²) in [6.07, 6.45) is 2.17. The molecule has 0 aromatic heterocycles. The highest BCUT2D eigenvalue weighted by molar-refractivity contribution is 5.78. The Morgan fingerprint density at radius 3 is 2.48 bits per heavy atom. The monoisotopic (exact) mass is 293 g/mol. The summed E-state index contributed by atoms with van der Waals surface area (Å²) in [4.78, 5) is 14.2. The first-order chi connectivity index (χ1) is 10.2. The number of carbonyl (C=O) groups excluding carboxylic acids is 1. The summed E-state index contributed by atoms with van der Waals surface area (Å²) in [6, 6.07) is 8.19. The first-order valence-corrected chi connectivity index (χ1v) is 7.23. The minimum absolute atomic E-state index is 0.0458. The molecule has 2 rings (SSSR count). The van der Waals surface area contributed by atoms with Crippen LogP contribution in [0.5, 0.6) is 5.75 Å². The molecule has 21 heavy (non-hydrogen) atoms. The van der Waals surface area contributed by atoms with E-state index < -0.39 is 0 Å². The van der Waals surface area contributed by atoms with E-state index in [0.29, 0.717) is 25.8 Å². The Balaban J connectivity index is 1.87. The number of carbonyl (C=O) groups is 1. The summed E-state index contributed by atoms with van der Waals surface area (Å²) in [5, 5.41) is 0. The number of benzene rings is 1. The highest BCUT2D eigenvalue weighted by Crippen LogP contribution is 2.28. The lowest BCUT2D eigenvalue weighted by Crippen LogP contribution is -2.35. The summed E-state index contributed by atoms with van der Waals surface area (Å²) < 4.78 is 15.4. The largest absolute Gasteiger partial charge is 0.497 e. The molecule has 0 unspecified atom stereocenters. The van der Waals surface area contributed by atoms with Crippen molar-refractivity contribution < 1.29 is 19.0 Å². The maximum Gasteiger partial charge on any atom is 0.249 e. The first-order valence-electron chi connectivity index (χ1n) is 7.23. The Bertz CT molecular complexity index is 442. The zero-order valence-electron chi connectivity index (χ0n) is 12.7. The van der Waals surface area contributed by atoms with Crippen LogP contribution in [0, 0.1) is 0 Å². The maximum absolute atomic E-state index is 12.3. The van der Waals surface area contributed by atoms with Gasteiger partial charge >= 0.3 is 0 Å². The smallest absolute Gasteiger partial charge is 0.249 e. The Labute approximate surface area is 125 Å². The molecule has 0 aliphatic heterocycles. The van der Waals surface area contributed by atoms with Crippen molar-refractivity contribution in [2.45, 2.75) is 25.4 Å². The molecule has 1 aromatic carbocycles. The van der Waals surface area contributed by atoms with Gasteiger partial charge in [0.15, 0.2) is 0 Å². The number of ether oxygens (including phenoxy) is 3. The molecule has 5 nitrogen and oxygen atoms in total. The van der Waals surface area contributed by atoms with Gasteiger partial charge in [0, 0.05) is 19.7 Å². The number of hydrogen-bond donors (Lipinski definition) is 0. The average Bonchev–Trinajstić information content (AvgIpc) is 3.34. The van der Waals surface area contributed by atoms with Crippen molar-refractivity contribution in [3.63, 3.8) is 0 Å². The second kappa shape index (κ2) is 8.00. The van der Waals surface area contributed by atoms with Gasteiger partial charge in [0.1, 0.15) is 12.4 Å². The fourth-order valence-corrected chi connectivity index (χ4v) is 2.12. The van der Waals surface area contributed by atoms with Gasteiger partial charge in [-0.2, -0.15) is 0 Å². The fraction of sp³-hybridized carbons (Fsp3) is 0.562. The molecule has 0 bridgehead atoms. The van der Waals surface area contributed by atoms with Gasteiger partial charge in [-0.15, -0.1) is 0 Å². The van der Waals surface area contributed by atoms with Crippen LogP contribution in [0.4, 0.5) is 0 Å². The summed E-state index contributed by atoms with van der Waals surface area (Å²) in [5.74, 6) is 0.871. The highest BCUT2D eigenvalue weighted by Gasteiger charge is 2.32. The highest BCUT2D eigenvalue weighted by atomic mass is 16.5. The van der Waals surface area contributed by atoms with Crippen LogP contribution in [-0.4, -0.2) is 50.9 Å². The van der Waals surface area contributed by atoms with Gasteiger partial charge in [-0.1, -0.05) is 12.1 Å². The molecule has 1 saturated carbocycles. The second-order valence-corrected chi connectivity index (χ2v) is 5.15. The van der Waals surface area contributed by atoms with Crippen LogP contribution in [0.3, 0.4) is 0 Å². The summed E-state index contributed by atoms with van der Waals surface area (Å²) in [7, 11) is 3.26. The Morgan fingerprint density at radius 1 is 1.19 bits per heavy atom. The molecule has 0 spiro atoms. The normalized spacial score (nSPS) is 14.0. The lowest BCUT2D eigenvalue weighted by atomic mass is 10.2. The molecule has 1 aliphatic carbocycles. The van der Waals surface area contributed by atoms with Crippen molar-refractivity contribution in [1.82, 2.24) is 4.90 Å². The predicted molar refractivity (Wildman–Crippen MR) is 79.3 cm³/mol. The van der Waals surface area contributed by atoms with Gasteiger partial charge in [-0.3, -0.25) is 4.79 Å². The Kier molecular flexibility index (Phi) is 6.02. The average molecular weight is 293 g/mol. The van der Waals surface area contributed by atoms with Crippen molar-refractivity contribution in [1.29, 1.82) is 0 Å². The van der Waals surface area contributed by atoms with Gasteiger partial charge in [0.25, 0.3) is 0 Å². The van der Waals surface area contributed by atoms with E-state index in [0.717, 1.165) is 24.2 Å². The van der Waals surface area contributed by atoms with E-state index in [1.807, 2.05) is 29.2 Å². The van der Waals surface area contributed by atoms with Crippen molar-refractivity contribution in [2.24, 2.45) is 0 Å². The Morgan fingerprint density at radius 2 is 1.90 bits per heavy atom. The number of rotatable bonds is 9. The number of amides is 1. The van der Waals surface area contributed by atoms with E-state index in [2.05, 4.69) is 0 Å². The molecule has 1 aliphatic rings. The molecule has 0 heterocycles. The topological polar surface area (TPSA) is 48.0 Å². The van der Waals surface area contributed by atoms with Crippen molar-refractivity contribution in [3.8, 4) is 5.75 Å². The molecular weight excluding hydrogens is 270 g/mol. The molecular formula is C16H23NO4. The maximum atomic E-state index is 12.3. The van der Waals surface area contributed by atoms with Crippen LogP contribution >= 0.6 is 0 Å². The predicted octanol–water partition coefficient (Wildman–Crippen LogP) is 1.85. The standard InChI is InChI=1S/C16H23NO4/c1-19-9-10-21-12-16(18)17(14-5-6-14)11-13-3-7-15(20-2)8-4-13/h3-4,7-8,14H,5-6,9-12H2,1-2H3. The summed E-state index contributed by atoms with van der Waals surface area (Å²) in [6.45, 7) is 1.70. The van der Waals surface area contributed by atoms with Crippen LogP contribution in [0.15, 0.2) is 24.3 Å². The number of hydrogen-bond acceptors (Lipinski definition) is 4. The minimum atomic E-state index is 0.0458. The van der Waals surface area contributed by atoms with E-state index in [1.165, 1.54) is 0 Å². The molecule has 1 fully saturated rings. The fourth-order valence-electron chi connectivity index (χ4n) is 2.12. The van der Waals surface area contributed by atoms with Crippen LogP contribution in [-0.2, 0) is 20.8 Å². The van der Waals surface area contributed by atoms with E-state index in [4.69, 9.17) is 14.2 Å². The van der Waals surface area contributed by atoms with Crippen LogP contribution in [0.2, 0.25) is 0 Å². The van der Waals surface area contributed by atoms with Gasteiger partial charge in [-0.25, -0.2) is 0 Å². The lowest BCUT2D eigenvalue weighted by Gasteiger charge is -2.22. The van der Waals surface area contributed by atoms with Gasteiger partial charge < -0.3 is 19.1 Å². The zero-order valence-corrected chi connectivity index (χ0v) is 12.7. The van der Waals surface area contributed by atoms with Gasteiger partial charge in [0.05, 0.1) is 20.3 Å². The molecule has 0 radical (unpaired) electrons. The minimum Gasteiger partial charge on any atom is -0.497 e. The zero-order chi connectivity index (χ0) is 15.1. The second-order valence-electron chi connectivity index (χ2n) is 5.15. The summed E-state index contributed by atoms with van der Waals surface area (Å²) in [5.41, 5.74) is 1.10. The van der Waals surface area contributed by atoms with Crippen LogP contribution < -0.4 is 4.74 Å². The first kappa shape index (κ1) is 15.8. The third-order valence-corrected chi connectivity index (χ3v) is 3.48. The molecule has 116 valence electrons. The molecule has 0 atom stereocenters. The quantitative estimate of drug-likeness (QED) is 0.652. The van der Waals surface area contributed by atoms with Crippen LogP contribution in [0.25, 0.3) is 0 Å². The molecule has 0 N–H and O–H groups in total. The van der Waals surface area contributed by atoms with E-state index in [9.17, 15) is 4.79 Å². The van der Waals surface area contributed by atoms with Gasteiger partial charge in [0.2, 0.25) is 5.91 Å². The molecule has 0 saturated heterocycles. The Hall–Kier alpha value is -1.59. The summed E-state index contributed by atoms with van der Waals surface area (Å²) >= 11 is 0. The third-order valence-electron chi connectivity index (χ3n) is 3.48. The lowest BCUT2D eigenvalue weighted by molar-refractivity contribution is -0.137. The van der Waals surface area contributed by atoms with Gasteiger partial charge in [-0.05, 0) is 30.5 Å². The molecule has 5 heteroatoms. The van der Waals surface area contributed by atoms with Crippen molar-refractivity contribution in [3.05, 3.63) is 29.8 Å². The van der Waals surface area contributed by atoms with Crippen molar-refractivity contribution >= 4 is 5.91 Å². The number of methoxy groups -OCH3 is 2. The SMILES string of the molecule is COCCOCC(=O)N(Cc1ccc(OC)cc1)C1CC1. The van der Waals surface area contributed by atoms with Crippen molar-refractivity contribution in [2.75, 3.05) is 34.0 Å².